The summed E-state index contributed by atoms with van der Waals surface area (Å²) in [6, 6.07) is 18.7. The van der Waals surface area contributed by atoms with Crippen LogP contribution in [0.15, 0.2) is 66.2 Å². The average molecular weight is 621 g/mol. The van der Waals surface area contributed by atoms with Crippen LogP contribution in [-0.4, -0.2) is 18.5 Å². The summed E-state index contributed by atoms with van der Waals surface area (Å²) in [5.74, 6) is -0.371. The Labute approximate surface area is 226 Å². The van der Waals surface area contributed by atoms with E-state index in [4.69, 9.17) is 32.7 Å². The molecule has 0 aliphatic carbocycles. The third-order valence-corrected chi connectivity index (χ3v) is 6.11. The molecule has 3 aromatic rings. The number of rotatable bonds is 8. The maximum atomic E-state index is 12.6. The smallest absolute Gasteiger partial charge is 0.338 e. The van der Waals surface area contributed by atoms with Crippen molar-refractivity contribution < 1.29 is 19.1 Å². The van der Waals surface area contributed by atoms with Crippen LogP contribution in [0.5, 0.6) is 5.75 Å². The van der Waals surface area contributed by atoms with Gasteiger partial charge in [-0.1, -0.05) is 35.3 Å². The molecule has 0 atom stereocenters. The van der Waals surface area contributed by atoms with Crippen LogP contribution in [-0.2, 0) is 16.1 Å². The van der Waals surface area contributed by atoms with Gasteiger partial charge in [-0.2, -0.15) is 5.26 Å². The van der Waals surface area contributed by atoms with Crippen molar-refractivity contribution in [3.05, 3.63) is 96.5 Å². The lowest BCUT2D eigenvalue weighted by Gasteiger charge is -2.10. The Morgan fingerprint density at radius 1 is 1.09 bits per heavy atom. The van der Waals surface area contributed by atoms with E-state index in [-0.39, 0.29) is 18.8 Å². The molecule has 1 N–H and O–H groups in total. The first-order valence-electron chi connectivity index (χ1n) is 10.4. The van der Waals surface area contributed by atoms with E-state index >= 15 is 0 Å². The van der Waals surface area contributed by atoms with Crippen molar-refractivity contribution in [1.82, 2.24) is 0 Å². The molecule has 0 fully saturated rings. The van der Waals surface area contributed by atoms with E-state index in [0.29, 0.717) is 32.6 Å². The number of nitrogens with one attached hydrogen (secondary N) is 1. The monoisotopic (exact) mass is 620 g/mol. The Morgan fingerprint density at radius 2 is 1.83 bits per heavy atom. The number of nitrogens with zero attached hydrogens (tertiary/aromatic N) is 1. The van der Waals surface area contributed by atoms with E-state index in [0.717, 1.165) is 9.13 Å². The number of hydrogen-bond donors (Lipinski definition) is 1. The fraction of sp³-hybridized carbons (Fsp3) is 0.115. The van der Waals surface area contributed by atoms with Gasteiger partial charge < -0.3 is 14.8 Å². The summed E-state index contributed by atoms with van der Waals surface area (Å²) in [6.07, 6.45) is 1.49. The minimum Gasteiger partial charge on any atom is -0.488 e. The Hall–Kier alpha value is -3.06. The summed E-state index contributed by atoms with van der Waals surface area (Å²) < 4.78 is 11.6. The van der Waals surface area contributed by atoms with Gasteiger partial charge in [-0.15, -0.1) is 0 Å². The van der Waals surface area contributed by atoms with E-state index in [2.05, 4.69) is 27.9 Å². The topological polar surface area (TPSA) is 88.4 Å². The number of nitriles is 1. The summed E-state index contributed by atoms with van der Waals surface area (Å²) in [4.78, 5) is 24.3. The molecular weight excluding hydrogens is 602 g/mol. The highest BCUT2D eigenvalue weighted by molar-refractivity contribution is 14.1. The van der Waals surface area contributed by atoms with Crippen molar-refractivity contribution in [2.45, 2.75) is 13.5 Å². The average Bonchev–Trinajstić information content (AvgIpc) is 2.83. The zero-order valence-corrected chi connectivity index (χ0v) is 22.1. The number of carbonyl (C=O) groups is 2. The van der Waals surface area contributed by atoms with Gasteiger partial charge in [0.25, 0.3) is 5.91 Å². The number of hydrogen-bond acceptors (Lipinski definition) is 5. The molecular formula is C26H19Cl2IN2O4. The third-order valence-electron chi connectivity index (χ3n) is 4.68. The van der Waals surface area contributed by atoms with Crippen molar-refractivity contribution >= 4 is 69.4 Å². The second-order valence-electron chi connectivity index (χ2n) is 7.14. The number of amides is 1. The Kier molecular flexibility index (Phi) is 9.55. The van der Waals surface area contributed by atoms with E-state index in [1.807, 2.05) is 6.07 Å². The molecule has 178 valence electrons. The van der Waals surface area contributed by atoms with Crippen molar-refractivity contribution in [1.29, 1.82) is 5.26 Å². The van der Waals surface area contributed by atoms with Crippen molar-refractivity contribution in [3.63, 3.8) is 0 Å². The molecule has 0 aliphatic rings. The quantitative estimate of drug-likeness (QED) is 0.128. The number of anilines is 1. The van der Waals surface area contributed by atoms with Gasteiger partial charge in [0.05, 0.1) is 15.7 Å². The molecule has 0 bridgehead atoms. The predicted octanol–water partition coefficient (Wildman–Crippen LogP) is 6.90. The van der Waals surface area contributed by atoms with Crippen LogP contribution in [0.1, 0.15) is 28.4 Å². The second kappa shape index (κ2) is 12.6. The number of benzene rings is 3. The molecule has 0 aliphatic heterocycles. The van der Waals surface area contributed by atoms with Crippen LogP contribution in [0.3, 0.4) is 0 Å². The second-order valence-corrected chi connectivity index (χ2v) is 9.14. The molecule has 1 amide bonds. The normalized spacial score (nSPS) is 10.9. The highest BCUT2D eigenvalue weighted by Gasteiger charge is 2.12. The Morgan fingerprint density at radius 3 is 2.46 bits per heavy atom. The van der Waals surface area contributed by atoms with Gasteiger partial charge in [0.1, 0.15) is 24.0 Å². The van der Waals surface area contributed by atoms with Crippen LogP contribution in [0.2, 0.25) is 10.0 Å². The maximum absolute atomic E-state index is 12.6. The maximum Gasteiger partial charge on any atom is 0.338 e. The molecule has 6 nitrogen and oxygen atoms in total. The van der Waals surface area contributed by atoms with Crippen LogP contribution >= 0.6 is 45.8 Å². The van der Waals surface area contributed by atoms with Gasteiger partial charge in [0.2, 0.25) is 0 Å². The van der Waals surface area contributed by atoms with Crippen LogP contribution in [0.4, 0.5) is 5.69 Å². The molecule has 9 heteroatoms. The number of halogens is 3. The molecule has 0 aromatic heterocycles. The first kappa shape index (κ1) is 26.5. The predicted molar refractivity (Wildman–Crippen MR) is 145 cm³/mol. The third kappa shape index (κ3) is 7.46. The van der Waals surface area contributed by atoms with Crippen molar-refractivity contribution in [2.24, 2.45) is 0 Å². The number of ether oxygens (including phenoxy) is 2. The zero-order valence-electron chi connectivity index (χ0n) is 18.5. The highest BCUT2D eigenvalue weighted by Crippen LogP contribution is 2.27. The molecule has 3 aromatic carbocycles. The van der Waals surface area contributed by atoms with Gasteiger partial charge in [0.15, 0.2) is 0 Å². The first-order chi connectivity index (χ1) is 16.8. The standard InChI is InChI=1S/C26H19Cl2IN2O4/c1-2-34-26(33)17-5-8-21(9-6-17)31-25(32)19(14-30)11-16-3-10-24(23(29)12-16)35-15-18-4-7-20(27)13-22(18)28/h3-13H,2,15H2,1H3,(H,31,32)/b19-11+. The molecule has 0 radical (unpaired) electrons. The van der Waals surface area contributed by atoms with Crippen molar-refractivity contribution in [3.8, 4) is 11.8 Å². The van der Waals surface area contributed by atoms with Crippen LogP contribution in [0, 0.1) is 14.9 Å². The largest absolute Gasteiger partial charge is 0.488 e. The SMILES string of the molecule is CCOC(=O)c1ccc(NC(=O)/C(C#N)=C/c2ccc(OCc3ccc(Cl)cc3Cl)c(I)c2)cc1. The van der Waals surface area contributed by atoms with E-state index in [1.54, 1.807) is 67.6 Å². The van der Waals surface area contributed by atoms with Crippen LogP contribution in [0.25, 0.3) is 6.08 Å². The number of carbonyl (C=O) groups excluding carboxylic acids is 2. The fourth-order valence-electron chi connectivity index (χ4n) is 2.94. The molecule has 3 rings (SSSR count). The molecule has 0 spiro atoms. The van der Waals surface area contributed by atoms with E-state index < -0.39 is 11.9 Å². The van der Waals surface area contributed by atoms with Crippen molar-refractivity contribution in [2.75, 3.05) is 11.9 Å². The summed E-state index contributed by atoms with van der Waals surface area (Å²) in [5.41, 5.74) is 2.21. The van der Waals surface area contributed by atoms with Gasteiger partial charge in [-0.05, 0) is 89.7 Å². The lowest BCUT2D eigenvalue weighted by atomic mass is 10.1. The number of esters is 1. The fourth-order valence-corrected chi connectivity index (χ4v) is 4.09. The van der Waals surface area contributed by atoms with Gasteiger partial charge in [0, 0.05) is 21.3 Å². The molecule has 0 saturated carbocycles. The summed E-state index contributed by atoms with van der Waals surface area (Å²) in [6.45, 7) is 2.26. The lowest BCUT2D eigenvalue weighted by molar-refractivity contribution is -0.112. The Balaban J connectivity index is 1.67. The molecule has 0 unspecified atom stereocenters. The van der Waals surface area contributed by atoms with E-state index in [1.165, 1.54) is 6.08 Å². The van der Waals surface area contributed by atoms with Gasteiger partial charge in [-0.25, -0.2) is 4.79 Å². The van der Waals surface area contributed by atoms with E-state index in [9.17, 15) is 14.9 Å². The van der Waals surface area contributed by atoms with Gasteiger partial charge >= 0.3 is 5.97 Å². The lowest BCUT2D eigenvalue weighted by Crippen LogP contribution is -2.13. The molecule has 35 heavy (non-hydrogen) atoms. The minimum atomic E-state index is -0.566. The zero-order chi connectivity index (χ0) is 25.4. The molecule has 0 saturated heterocycles. The van der Waals surface area contributed by atoms with Gasteiger partial charge in [-0.3, -0.25) is 4.79 Å². The van der Waals surface area contributed by atoms with Crippen LogP contribution < -0.4 is 10.1 Å². The minimum absolute atomic E-state index is 0.0723. The summed E-state index contributed by atoms with van der Waals surface area (Å²) in [7, 11) is 0. The summed E-state index contributed by atoms with van der Waals surface area (Å²) in [5, 5.41) is 13.2. The first-order valence-corrected chi connectivity index (χ1v) is 12.2. The summed E-state index contributed by atoms with van der Waals surface area (Å²) >= 11 is 14.2. The highest BCUT2D eigenvalue weighted by atomic mass is 127. The molecule has 0 heterocycles. The Bertz CT molecular complexity index is 1320.